The number of carboxylic acid groups (broad SMARTS) is 1. The summed E-state index contributed by atoms with van der Waals surface area (Å²) in [5.74, 6) is -2.06. The molecule has 10 nitrogen and oxygen atoms in total. The maximum absolute atomic E-state index is 12.8. The van der Waals surface area contributed by atoms with E-state index >= 15 is 0 Å². The van der Waals surface area contributed by atoms with Crippen LogP contribution >= 0.6 is 0 Å². The van der Waals surface area contributed by atoms with Crippen molar-refractivity contribution in [2.24, 2.45) is 5.73 Å². The molecule has 3 rings (SSSR count). The number of hydrogen-bond acceptors (Lipinski definition) is 6. The molecular formula is C23H27N5O5. The van der Waals surface area contributed by atoms with Crippen LogP contribution in [0, 0.1) is 12.3 Å². The zero-order valence-corrected chi connectivity index (χ0v) is 18.3. The highest BCUT2D eigenvalue weighted by Gasteiger charge is 2.46. The van der Waals surface area contributed by atoms with Gasteiger partial charge in [0, 0.05) is 30.5 Å². The first-order chi connectivity index (χ1) is 15.7. The molecule has 1 aromatic carbocycles. The first-order valence-electron chi connectivity index (χ1n) is 10.6. The Hall–Kier alpha value is -3.95. The molecule has 0 spiro atoms. The Labute approximate surface area is 191 Å². The van der Waals surface area contributed by atoms with E-state index < -0.39 is 23.3 Å². The molecule has 1 unspecified atom stereocenters. The number of amides is 2. The van der Waals surface area contributed by atoms with E-state index in [1.54, 1.807) is 49.5 Å². The highest BCUT2D eigenvalue weighted by molar-refractivity contribution is 6.35. The molecule has 33 heavy (non-hydrogen) atoms. The Balaban J connectivity index is 1.86. The lowest BCUT2D eigenvalue weighted by atomic mass is 9.79. The first kappa shape index (κ1) is 23.7. The van der Waals surface area contributed by atoms with Crippen LogP contribution in [0.25, 0.3) is 0 Å². The molecule has 0 bridgehead atoms. The number of nitrogens with one attached hydrogen (secondary N) is 2. The largest absolute Gasteiger partial charge is 0.494 e. The molecule has 1 fully saturated rings. The monoisotopic (exact) mass is 453 g/mol. The van der Waals surface area contributed by atoms with E-state index in [1.807, 2.05) is 0 Å². The van der Waals surface area contributed by atoms with E-state index in [-0.39, 0.29) is 38.4 Å². The second kappa shape index (κ2) is 10.1. The van der Waals surface area contributed by atoms with Crippen LogP contribution in [0.1, 0.15) is 36.1 Å². The first-order valence-corrected chi connectivity index (χ1v) is 10.6. The number of carboxylic acids is 1. The van der Waals surface area contributed by atoms with Crippen molar-refractivity contribution in [2.45, 2.75) is 31.7 Å². The molecule has 1 aliphatic heterocycles. The standard InChI is InChI=1S/C23H27N5O5/c1-15-18(4-2-10-26-15)23(14-19(29)30,28-12-11-27-21(31)22(28)32)9-3-13-33-17-7-5-16(6-8-17)20(24)25/h2,4-8,10H,3,9,11-14H2,1H3,(H3,24,25)(H,27,31)(H,29,30). The number of nitrogens with zero attached hydrogens (tertiary/aromatic N) is 2. The second-order valence-corrected chi connectivity index (χ2v) is 7.84. The summed E-state index contributed by atoms with van der Waals surface area (Å²) in [4.78, 5) is 42.6. The Morgan fingerprint density at radius 2 is 2.03 bits per heavy atom. The number of carbonyl (C=O) groups is 3. The molecule has 1 atom stereocenters. The maximum Gasteiger partial charge on any atom is 0.312 e. The molecule has 5 N–H and O–H groups in total. The zero-order valence-electron chi connectivity index (χ0n) is 18.3. The molecule has 174 valence electrons. The number of amidine groups is 1. The average Bonchev–Trinajstić information content (AvgIpc) is 2.78. The van der Waals surface area contributed by atoms with Crippen LogP contribution < -0.4 is 15.8 Å². The van der Waals surface area contributed by atoms with E-state index in [1.165, 1.54) is 4.90 Å². The number of carbonyl (C=O) groups excluding carboxylic acids is 2. The van der Waals surface area contributed by atoms with Gasteiger partial charge in [-0.2, -0.15) is 0 Å². The third-order valence-corrected chi connectivity index (χ3v) is 5.70. The molecule has 0 radical (unpaired) electrons. The van der Waals surface area contributed by atoms with Gasteiger partial charge in [-0.05, 0) is 55.7 Å². The van der Waals surface area contributed by atoms with E-state index in [9.17, 15) is 19.5 Å². The van der Waals surface area contributed by atoms with Gasteiger partial charge in [0.25, 0.3) is 0 Å². The van der Waals surface area contributed by atoms with Crippen molar-refractivity contribution in [3.8, 4) is 5.75 Å². The summed E-state index contributed by atoms with van der Waals surface area (Å²) >= 11 is 0. The van der Waals surface area contributed by atoms with Gasteiger partial charge in [0.2, 0.25) is 0 Å². The number of rotatable bonds is 10. The molecule has 0 aliphatic carbocycles. The minimum absolute atomic E-state index is 0.0397. The normalized spacial score (nSPS) is 15.5. The SMILES string of the molecule is Cc1ncccc1C(CCCOc1ccc(C(=N)N)cc1)(CC(=O)O)N1CCNC(=O)C1=O. The Morgan fingerprint density at radius 1 is 1.30 bits per heavy atom. The second-order valence-electron chi connectivity index (χ2n) is 7.84. The molecule has 2 aromatic rings. The molecule has 10 heteroatoms. The van der Waals surface area contributed by atoms with Gasteiger partial charge in [-0.1, -0.05) is 6.07 Å². The van der Waals surface area contributed by atoms with E-state index in [2.05, 4.69) is 10.3 Å². The minimum atomic E-state index is -1.25. The van der Waals surface area contributed by atoms with Gasteiger partial charge in [0.05, 0.1) is 18.6 Å². The average molecular weight is 453 g/mol. The van der Waals surface area contributed by atoms with Crippen LogP contribution in [-0.4, -0.2) is 58.3 Å². The minimum Gasteiger partial charge on any atom is -0.494 e. The van der Waals surface area contributed by atoms with Crippen LogP contribution in [0.15, 0.2) is 42.6 Å². The number of aromatic nitrogens is 1. The summed E-state index contributed by atoms with van der Waals surface area (Å²) in [6.07, 6.45) is 1.91. The van der Waals surface area contributed by atoms with Gasteiger partial charge in [-0.15, -0.1) is 0 Å². The van der Waals surface area contributed by atoms with Gasteiger partial charge in [0.15, 0.2) is 0 Å². The Morgan fingerprint density at radius 3 is 2.67 bits per heavy atom. The van der Waals surface area contributed by atoms with Gasteiger partial charge >= 0.3 is 17.8 Å². The maximum atomic E-state index is 12.8. The highest BCUT2D eigenvalue weighted by Crippen LogP contribution is 2.39. The number of aryl methyl sites for hydroxylation is 1. The predicted octanol–water partition coefficient (Wildman–Crippen LogP) is 1.16. The fraction of sp³-hybridized carbons (Fsp3) is 0.348. The van der Waals surface area contributed by atoms with Crippen molar-refractivity contribution < 1.29 is 24.2 Å². The number of piperazine rings is 1. The van der Waals surface area contributed by atoms with Gasteiger partial charge in [-0.25, -0.2) is 0 Å². The summed E-state index contributed by atoms with van der Waals surface area (Å²) in [5.41, 5.74) is 5.99. The van der Waals surface area contributed by atoms with Crippen LogP contribution in [-0.2, 0) is 19.9 Å². The van der Waals surface area contributed by atoms with Gasteiger partial charge < -0.3 is 25.8 Å². The summed E-state index contributed by atoms with van der Waals surface area (Å²) in [6.45, 7) is 2.45. The number of benzene rings is 1. The summed E-state index contributed by atoms with van der Waals surface area (Å²) in [5, 5.41) is 19.7. The van der Waals surface area contributed by atoms with Crippen molar-refractivity contribution in [3.63, 3.8) is 0 Å². The van der Waals surface area contributed by atoms with Crippen LogP contribution in [0.4, 0.5) is 0 Å². The molecule has 0 saturated carbocycles. The third-order valence-electron chi connectivity index (χ3n) is 5.70. The number of ether oxygens (including phenoxy) is 1. The van der Waals surface area contributed by atoms with Crippen LogP contribution in [0.2, 0.25) is 0 Å². The predicted molar refractivity (Wildman–Crippen MR) is 120 cm³/mol. The Bertz CT molecular complexity index is 1060. The molecule has 1 saturated heterocycles. The number of nitrogen functional groups attached to an aromatic ring is 1. The smallest absolute Gasteiger partial charge is 0.312 e. The zero-order chi connectivity index (χ0) is 24.0. The molecule has 1 aromatic heterocycles. The van der Waals surface area contributed by atoms with Crippen molar-refractivity contribution in [1.29, 1.82) is 5.41 Å². The molecule has 1 aliphatic rings. The fourth-order valence-corrected chi connectivity index (χ4v) is 4.20. The molecule has 2 heterocycles. The molecule has 2 amide bonds. The van der Waals surface area contributed by atoms with Crippen molar-refractivity contribution in [3.05, 3.63) is 59.4 Å². The van der Waals surface area contributed by atoms with Crippen LogP contribution in [0.3, 0.4) is 0 Å². The lowest BCUT2D eigenvalue weighted by Crippen LogP contribution is -2.61. The quantitative estimate of drug-likeness (QED) is 0.182. The third kappa shape index (κ3) is 5.28. The summed E-state index contributed by atoms with van der Waals surface area (Å²) in [7, 11) is 0. The number of aliphatic carboxylic acids is 1. The Kier molecular flexibility index (Phi) is 7.27. The lowest BCUT2D eigenvalue weighted by Gasteiger charge is -2.45. The van der Waals surface area contributed by atoms with Crippen molar-refractivity contribution in [2.75, 3.05) is 19.7 Å². The van der Waals surface area contributed by atoms with E-state index in [0.29, 0.717) is 29.0 Å². The van der Waals surface area contributed by atoms with Crippen molar-refractivity contribution >= 4 is 23.6 Å². The summed E-state index contributed by atoms with van der Waals surface area (Å²) < 4.78 is 5.79. The van der Waals surface area contributed by atoms with Gasteiger partial charge in [-0.3, -0.25) is 24.8 Å². The van der Waals surface area contributed by atoms with Crippen LogP contribution in [0.5, 0.6) is 5.75 Å². The highest BCUT2D eigenvalue weighted by atomic mass is 16.5. The van der Waals surface area contributed by atoms with E-state index in [4.69, 9.17) is 15.9 Å². The topological polar surface area (TPSA) is 159 Å². The number of pyridine rings is 1. The number of hydrogen-bond donors (Lipinski definition) is 4. The van der Waals surface area contributed by atoms with Gasteiger partial charge in [0.1, 0.15) is 11.6 Å². The lowest BCUT2D eigenvalue weighted by molar-refractivity contribution is -0.157. The summed E-state index contributed by atoms with van der Waals surface area (Å²) in [6, 6.07) is 10.2. The molecular weight excluding hydrogens is 426 g/mol. The number of nitrogens with two attached hydrogens (primary N) is 1. The fourth-order valence-electron chi connectivity index (χ4n) is 4.20. The van der Waals surface area contributed by atoms with Crippen molar-refractivity contribution in [1.82, 2.24) is 15.2 Å². The van der Waals surface area contributed by atoms with E-state index in [0.717, 1.165) is 0 Å².